The third-order valence-electron chi connectivity index (χ3n) is 4.68. The summed E-state index contributed by atoms with van der Waals surface area (Å²) < 4.78 is 32.6. The molecule has 0 bridgehead atoms. The monoisotopic (exact) mass is 388 g/mol. The maximum Gasteiger partial charge on any atom is 0.264 e. The van der Waals surface area contributed by atoms with Crippen LogP contribution in [0.25, 0.3) is 0 Å². The van der Waals surface area contributed by atoms with E-state index < -0.39 is 10.0 Å². The van der Waals surface area contributed by atoms with Gasteiger partial charge in [0.15, 0.2) is 0 Å². The number of nitrogens with one attached hydrogen (secondary N) is 1. The van der Waals surface area contributed by atoms with Crippen molar-refractivity contribution in [3.63, 3.8) is 0 Å². The van der Waals surface area contributed by atoms with Gasteiger partial charge in [0.25, 0.3) is 15.9 Å². The summed E-state index contributed by atoms with van der Waals surface area (Å²) in [6.45, 7) is 3.03. The Kier molecular flexibility index (Phi) is 5.82. The van der Waals surface area contributed by atoms with Crippen molar-refractivity contribution in [2.45, 2.75) is 30.8 Å². The smallest absolute Gasteiger partial charge is 0.264 e. The summed E-state index contributed by atoms with van der Waals surface area (Å²) in [6, 6.07) is 13.3. The molecule has 0 saturated carbocycles. The molecule has 1 amide bonds. The van der Waals surface area contributed by atoms with Gasteiger partial charge in [-0.2, -0.15) is 0 Å². The van der Waals surface area contributed by atoms with Crippen molar-refractivity contribution in [3.05, 3.63) is 59.7 Å². The van der Waals surface area contributed by atoms with Gasteiger partial charge in [-0.1, -0.05) is 29.8 Å². The number of hydrogen-bond acceptors (Lipinski definition) is 4. The number of aryl methyl sites for hydroxylation is 1. The van der Waals surface area contributed by atoms with Crippen LogP contribution in [0.15, 0.2) is 53.4 Å². The minimum Gasteiger partial charge on any atom is -0.376 e. The first-order valence-electron chi connectivity index (χ1n) is 8.94. The average Bonchev–Trinajstić information content (AvgIpc) is 3.19. The lowest BCUT2D eigenvalue weighted by atomic mass is 10.1. The van der Waals surface area contributed by atoms with Crippen LogP contribution in [-0.4, -0.2) is 40.6 Å². The molecule has 1 N–H and O–H groups in total. The van der Waals surface area contributed by atoms with Gasteiger partial charge in [0.1, 0.15) is 0 Å². The number of carbonyl (C=O) groups excluding carboxylic acids is 1. The van der Waals surface area contributed by atoms with Gasteiger partial charge in [-0.3, -0.25) is 9.10 Å². The number of para-hydroxylation sites is 1. The van der Waals surface area contributed by atoms with Crippen LogP contribution >= 0.6 is 0 Å². The number of carbonyl (C=O) groups is 1. The number of rotatable bonds is 6. The zero-order valence-corrected chi connectivity index (χ0v) is 16.3. The van der Waals surface area contributed by atoms with Crippen molar-refractivity contribution < 1.29 is 17.9 Å². The molecule has 1 atom stereocenters. The van der Waals surface area contributed by atoms with Gasteiger partial charge in [-0.15, -0.1) is 0 Å². The van der Waals surface area contributed by atoms with Crippen molar-refractivity contribution in [3.8, 4) is 0 Å². The Balaban J connectivity index is 1.83. The van der Waals surface area contributed by atoms with Gasteiger partial charge in [0, 0.05) is 20.2 Å². The Bertz CT molecular complexity index is 904. The maximum atomic E-state index is 13.0. The summed E-state index contributed by atoms with van der Waals surface area (Å²) in [4.78, 5) is 12.8. The van der Waals surface area contributed by atoms with Gasteiger partial charge in [-0.05, 0) is 44.0 Å². The summed E-state index contributed by atoms with van der Waals surface area (Å²) in [5, 5.41) is 2.85. The van der Waals surface area contributed by atoms with E-state index in [0.29, 0.717) is 24.4 Å². The van der Waals surface area contributed by atoms with E-state index in [4.69, 9.17) is 4.74 Å². The van der Waals surface area contributed by atoms with Crippen LogP contribution in [0.3, 0.4) is 0 Å². The van der Waals surface area contributed by atoms with Crippen LogP contribution in [0.1, 0.15) is 28.8 Å². The third-order valence-corrected chi connectivity index (χ3v) is 6.47. The minimum atomic E-state index is -3.77. The zero-order valence-electron chi connectivity index (χ0n) is 15.5. The second-order valence-electron chi connectivity index (χ2n) is 6.65. The SMILES string of the molecule is Cc1ccc(S(=O)(=O)N(C)c2ccccc2C(=O)NC[C@@H]2CCCO2)cc1. The van der Waals surface area contributed by atoms with Gasteiger partial charge in [0.2, 0.25) is 0 Å². The lowest BCUT2D eigenvalue weighted by molar-refractivity contribution is 0.0858. The molecule has 1 aliphatic rings. The molecule has 6 nitrogen and oxygen atoms in total. The highest BCUT2D eigenvalue weighted by Crippen LogP contribution is 2.26. The molecule has 2 aromatic rings. The fraction of sp³-hybridized carbons (Fsp3) is 0.350. The number of nitrogens with zero attached hydrogens (tertiary/aromatic N) is 1. The summed E-state index contributed by atoms with van der Waals surface area (Å²) in [5.74, 6) is -0.313. The Morgan fingerprint density at radius 2 is 1.89 bits per heavy atom. The molecule has 0 unspecified atom stereocenters. The normalized spacial score (nSPS) is 16.9. The summed E-state index contributed by atoms with van der Waals surface area (Å²) >= 11 is 0. The van der Waals surface area contributed by atoms with E-state index in [2.05, 4.69) is 5.32 Å². The Morgan fingerprint density at radius 3 is 2.56 bits per heavy atom. The Labute approximate surface area is 160 Å². The van der Waals surface area contributed by atoms with E-state index in [0.717, 1.165) is 22.7 Å². The fourth-order valence-corrected chi connectivity index (χ4v) is 4.26. The number of benzene rings is 2. The Hall–Kier alpha value is -2.38. The standard InChI is InChI=1S/C20H24N2O4S/c1-15-9-11-17(12-10-15)27(24,25)22(2)19-8-4-3-7-18(19)20(23)21-14-16-6-5-13-26-16/h3-4,7-12,16H,5-6,13-14H2,1-2H3,(H,21,23)/t16-/m0/s1. The highest BCUT2D eigenvalue weighted by atomic mass is 32.2. The molecular weight excluding hydrogens is 364 g/mol. The maximum absolute atomic E-state index is 13.0. The van der Waals surface area contributed by atoms with Crippen LogP contribution in [-0.2, 0) is 14.8 Å². The summed E-state index contributed by atoms with van der Waals surface area (Å²) in [5.41, 5.74) is 1.63. The first-order valence-corrected chi connectivity index (χ1v) is 10.4. The number of amides is 1. The second-order valence-corrected chi connectivity index (χ2v) is 8.62. The number of hydrogen-bond donors (Lipinski definition) is 1. The zero-order chi connectivity index (χ0) is 19.4. The molecule has 0 radical (unpaired) electrons. The van der Waals surface area contributed by atoms with Crippen LogP contribution < -0.4 is 9.62 Å². The van der Waals surface area contributed by atoms with E-state index in [-0.39, 0.29) is 16.9 Å². The topological polar surface area (TPSA) is 75.7 Å². The molecule has 3 rings (SSSR count). The van der Waals surface area contributed by atoms with Gasteiger partial charge in [0.05, 0.1) is 22.3 Å². The van der Waals surface area contributed by atoms with Crippen molar-refractivity contribution in [1.82, 2.24) is 5.32 Å². The second kappa shape index (κ2) is 8.10. The molecular formula is C20H24N2O4S. The quantitative estimate of drug-likeness (QED) is 0.826. The summed E-state index contributed by atoms with van der Waals surface area (Å²) in [6.07, 6.45) is 1.94. The van der Waals surface area contributed by atoms with Crippen LogP contribution in [0.4, 0.5) is 5.69 Å². The molecule has 7 heteroatoms. The van der Waals surface area contributed by atoms with Gasteiger partial charge < -0.3 is 10.1 Å². The highest BCUT2D eigenvalue weighted by Gasteiger charge is 2.25. The lowest BCUT2D eigenvalue weighted by Gasteiger charge is -2.22. The van der Waals surface area contributed by atoms with Crippen LogP contribution in [0.5, 0.6) is 0 Å². The van der Waals surface area contributed by atoms with E-state index in [9.17, 15) is 13.2 Å². The minimum absolute atomic E-state index is 0.0233. The van der Waals surface area contributed by atoms with E-state index in [1.807, 2.05) is 6.92 Å². The van der Waals surface area contributed by atoms with Crippen molar-refractivity contribution in [2.24, 2.45) is 0 Å². The molecule has 1 fully saturated rings. The van der Waals surface area contributed by atoms with E-state index in [1.54, 1.807) is 48.5 Å². The molecule has 1 saturated heterocycles. The lowest BCUT2D eigenvalue weighted by Crippen LogP contribution is -2.34. The summed E-state index contributed by atoms with van der Waals surface area (Å²) in [7, 11) is -2.31. The first kappa shape index (κ1) is 19.4. The number of sulfonamides is 1. The molecule has 1 heterocycles. The van der Waals surface area contributed by atoms with Crippen molar-refractivity contribution in [2.75, 3.05) is 24.5 Å². The largest absolute Gasteiger partial charge is 0.376 e. The molecule has 1 aliphatic heterocycles. The van der Waals surface area contributed by atoms with Gasteiger partial charge >= 0.3 is 0 Å². The Morgan fingerprint density at radius 1 is 1.19 bits per heavy atom. The van der Waals surface area contributed by atoms with Crippen molar-refractivity contribution in [1.29, 1.82) is 0 Å². The molecule has 0 spiro atoms. The van der Waals surface area contributed by atoms with Crippen molar-refractivity contribution >= 4 is 21.6 Å². The average molecular weight is 388 g/mol. The van der Waals surface area contributed by atoms with E-state index in [1.165, 1.54) is 7.05 Å². The predicted molar refractivity (Wildman–Crippen MR) is 105 cm³/mol. The van der Waals surface area contributed by atoms with E-state index >= 15 is 0 Å². The van der Waals surface area contributed by atoms with Crippen LogP contribution in [0, 0.1) is 6.92 Å². The molecule has 2 aromatic carbocycles. The first-order chi connectivity index (χ1) is 12.9. The fourth-order valence-electron chi connectivity index (χ4n) is 3.05. The van der Waals surface area contributed by atoms with Crippen LogP contribution in [0.2, 0.25) is 0 Å². The molecule has 0 aliphatic carbocycles. The molecule has 0 aromatic heterocycles. The highest BCUT2D eigenvalue weighted by molar-refractivity contribution is 7.92. The third kappa shape index (κ3) is 4.31. The molecule has 27 heavy (non-hydrogen) atoms. The van der Waals surface area contributed by atoms with Gasteiger partial charge in [-0.25, -0.2) is 8.42 Å². The molecule has 144 valence electrons. The number of anilines is 1. The predicted octanol–water partition coefficient (Wildman–Crippen LogP) is 2.73. The number of ether oxygens (including phenoxy) is 1.